The van der Waals surface area contributed by atoms with Crippen LogP contribution in [0.1, 0.15) is 54.7 Å². The molecule has 0 spiro atoms. The summed E-state index contributed by atoms with van der Waals surface area (Å²) in [5, 5.41) is 15.6. The number of ether oxygens (including phenoxy) is 2. The van der Waals surface area contributed by atoms with Crippen molar-refractivity contribution in [3.05, 3.63) is 108 Å². The summed E-state index contributed by atoms with van der Waals surface area (Å²) < 4.78 is 10.9. The largest absolute Gasteiger partial charge is 0.493 e. The maximum Gasteiger partial charge on any atom is 0.328 e. The molecular weight excluding hydrogens is 518 g/mol. The van der Waals surface area contributed by atoms with Gasteiger partial charge in [-0.05, 0) is 74.0 Å². The lowest BCUT2D eigenvalue weighted by atomic mass is 9.83. The van der Waals surface area contributed by atoms with Gasteiger partial charge in [-0.25, -0.2) is 9.59 Å². The molecule has 218 valence electrons. The highest BCUT2D eigenvalue weighted by Crippen LogP contribution is 2.34. The number of nitrogens with zero attached hydrogens (tertiary/aromatic N) is 1. The number of rotatable bonds is 12. The fraction of sp³-hybridized carbons (Fsp3) is 0.353. The zero-order valence-corrected chi connectivity index (χ0v) is 23.9. The molecule has 0 saturated carbocycles. The molecule has 1 heterocycles. The molecule has 1 saturated heterocycles. The first-order valence-corrected chi connectivity index (χ1v) is 14.1. The van der Waals surface area contributed by atoms with Gasteiger partial charge in [-0.1, -0.05) is 73.2 Å². The van der Waals surface area contributed by atoms with Gasteiger partial charge >= 0.3 is 11.9 Å². The summed E-state index contributed by atoms with van der Waals surface area (Å²) >= 11 is 0. The van der Waals surface area contributed by atoms with Crippen LogP contribution in [0, 0.1) is 0 Å². The van der Waals surface area contributed by atoms with E-state index in [0.29, 0.717) is 24.1 Å². The second kappa shape index (κ2) is 16.9. The molecule has 2 N–H and O–H groups in total. The van der Waals surface area contributed by atoms with Crippen molar-refractivity contribution in [2.24, 2.45) is 0 Å². The monoisotopic (exact) mass is 559 g/mol. The van der Waals surface area contributed by atoms with Crippen molar-refractivity contribution >= 4 is 11.9 Å². The molecular formula is C34H41NO6. The van der Waals surface area contributed by atoms with E-state index < -0.39 is 11.9 Å². The summed E-state index contributed by atoms with van der Waals surface area (Å²) in [6.07, 6.45) is 8.47. The van der Waals surface area contributed by atoms with Crippen LogP contribution in [0.3, 0.4) is 0 Å². The van der Waals surface area contributed by atoms with E-state index in [-0.39, 0.29) is 0 Å². The van der Waals surface area contributed by atoms with Crippen molar-refractivity contribution in [3.63, 3.8) is 0 Å². The van der Waals surface area contributed by atoms with Gasteiger partial charge in [0.25, 0.3) is 0 Å². The normalized spacial score (nSPS) is 15.2. The number of benzene rings is 3. The number of methoxy groups -OCH3 is 2. The minimum atomic E-state index is -1.26. The molecule has 3 aromatic carbocycles. The molecule has 3 aromatic rings. The number of hydrogen-bond acceptors (Lipinski definition) is 5. The number of hydrogen-bond donors (Lipinski definition) is 2. The van der Waals surface area contributed by atoms with Crippen molar-refractivity contribution in [1.29, 1.82) is 0 Å². The van der Waals surface area contributed by atoms with Gasteiger partial charge in [0.15, 0.2) is 11.5 Å². The topological polar surface area (TPSA) is 96.3 Å². The molecule has 0 bridgehead atoms. The predicted octanol–water partition coefficient (Wildman–Crippen LogP) is 6.42. The van der Waals surface area contributed by atoms with E-state index in [4.69, 9.17) is 19.7 Å². The smallest absolute Gasteiger partial charge is 0.328 e. The Bertz CT molecular complexity index is 1190. The van der Waals surface area contributed by atoms with E-state index in [9.17, 15) is 9.59 Å². The summed E-state index contributed by atoms with van der Waals surface area (Å²) in [6, 6.07) is 29.0. The van der Waals surface area contributed by atoms with Crippen LogP contribution in [0.25, 0.3) is 0 Å². The minimum absolute atomic E-state index is 0.448. The van der Waals surface area contributed by atoms with Gasteiger partial charge in [0.2, 0.25) is 0 Å². The lowest BCUT2D eigenvalue weighted by Gasteiger charge is -2.38. The molecule has 7 heteroatoms. The molecule has 1 fully saturated rings. The highest BCUT2D eigenvalue weighted by Gasteiger charge is 2.26. The second-order valence-corrected chi connectivity index (χ2v) is 10.1. The van der Waals surface area contributed by atoms with Gasteiger partial charge < -0.3 is 24.6 Å². The lowest BCUT2D eigenvalue weighted by Crippen LogP contribution is -2.41. The first kappa shape index (κ1) is 31.4. The molecule has 1 unspecified atom stereocenters. The fourth-order valence-electron chi connectivity index (χ4n) is 5.39. The quantitative estimate of drug-likeness (QED) is 0.247. The molecule has 7 nitrogen and oxygen atoms in total. The number of aryl methyl sites for hydroxylation is 1. The van der Waals surface area contributed by atoms with Gasteiger partial charge in [-0.15, -0.1) is 0 Å². The Morgan fingerprint density at radius 2 is 1.44 bits per heavy atom. The van der Waals surface area contributed by atoms with Crippen LogP contribution in [-0.4, -0.2) is 60.4 Å². The predicted molar refractivity (Wildman–Crippen MR) is 161 cm³/mol. The molecule has 41 heavy (non-hydrogen) atoms. The third-order valence-electron chi connectivity index (χ3n) is 7.39. The number of carboxylic acid groups (broad SMARTS) is 2. The highest BCUT2D eigenvalue weighted by molar-refractivity contribution is 5.89. The van der Waals surface area contributed by atoms with Crippen molar-refractivity contribution in [3.8, 4) is 11.5 Å². The van der Waals surface area contributed by atoms with Crippen LogP contribution in [0.4, 0.5) is 0 Å². The van der Waals surface area contributed by atoms with Gasteiger partial charge in [0.05, 0.1) is 14.2 Å². The van der Waals surface area contributed by atoms with E-state index in [1.165, 1.54) is 48.9 Å². The summed E-state index contributed by atoms with van der Waals surface area (Å²) in [5.41, 5.74) is 4.17. The zero-order chi connectivity index (χ0) is 29.5. The number of carbonyl (C=O) groups is 2. The summed E-state index contributed by atoms with van der Waals surface area (Å²) in [5.74, 6) is -0.451. The molecule has 1 atom stereocenters. The van der Waals surface area contributed by atoms with Crippen molar-refractivity contribution in [2.45, 2.75) is 50.5 Å². The number of carboxylic acids is 2. The SMILES string of the molecule is COc1ccc(CCCN2CCCCC2CC(c2ccccc2)c2ccccc2)cc1OC.O=C(O)C=CC(=O)O. The first-order valence-electron chi connectivity index (χ1n) is 14.1. The number of aliphatic carboxylic acids is 2. The van der Waals surface area contributed by atoms with E-state index in [2.05, 4.69) is 77.7 Å². The Balaban J connectivity index is 0.000000507. The third-order valence-corrected chi connectivity index (χ3v) is 7.39. The molecule has 4 rings (SSSR count). The Morgan fingerprint density at radius 1 is 0.854 bits per heavy atom. The number of piperidine rings is 1. The first-order chi connectivity index (χ1) is 19.9. The molecule has 1 aliphatic heterocycles. The van der Waals surface area contributed by atoms with Gasteiger partial charge in [-0.2, -0.15) is 0 Å². The van der Waals surface area contributed by atoms with Crippen LogP contribution in [0.2, 0.25) is 0 Å². The molecule has 0 aliphatic carbocycles. The Labute approximate surface area is 243 Å². The summed E-state index contributed by atoms with van der Waals surface area (Å²) in [6.45, 7) is 2.36. The Morgan fingerprint density at radius 3 is 1.98 bits per heavy atom. The second-order valence-electron chi connectivity index (χ2n) is 10.1. The zero-order valence-electron chi connectivity index (χ0n) is 23.9. The number of likely N-dealkylation sites (tertiary alicyclic amines) is 1. The molecule has 0 radical (unpaired) electrons. The standard InChI is InChI=1S/C30H37NO2.C4H4O4/c1-32-29-19-18-24(22-30(29)33-2)12-11-21-31-20-10-9-17-27(31)23-28(25-13-5-3-6-14-25)26-15-7-4-8-16-26;5-3(6)1-2-4(7)8/h3-8,13-16,18-19,22,27-28H,9-12,17,20-21,23H2,1-2H3;1-2H,(H,5,6)(H,7,8). The van der Waals surface area contributed by atoms with Crippen LogP contribution >= 0.6 is 0 Å². The maximum absolute atomic E-state index is 9.55. The van der Waals surface area contributed by atoms with E-state index in [1.54, 1.807) is 14.2 Å². The Kier molecular flexibility index (Phi) is 12.9. The van der Waals surface area contributed by atoms with Crippen molar-refractivity contribution in [2.75, 3.05) is 27.3 Å². The maximum atomic E-state index is 9.55. The van der Waals surface area contributed by atoms with Gasteiger partial charge in [0, 0.05) is 24.1 Å². The van der Waals surface area contributed by atoms with E-state index in [0.717, 1.165) is 30.9 Å². The minimum Gasteiger partial charge on any atom is -0.493 e. The van der Waals surface area contributed by atoms with Crippen LogP contribution < -0.4 is 9.47 Å². The van der Waals surface area contributed by atoms with E-state index in [1.807, 2.05) is 6.07 Å². The molecule has 0 amide bonds. The highest BCUT2D eigenvalue weighted by atomic mass is 16.5. The van der Waals surface area contributed by atoms with Gasteiger partial charge in [-0.3, -0.25) is 0 Å². The van der Waals surface area contributed by atoms with Crippen molar-refractivity contribution < 1.29 is 29.3 Å². The lowest BCUT2D eigenvalue weighted by molar-refractivity contribution is -0.134. The average Bonchev–Trinajstić information content (AvgIpc) is 3.00. The summed E-state index contributed by atoms with van der Waals surface area (Å²) in [4.78, 5) is 21.9. The third kappa shape index (κ3) is 10.4. The van der Waals surface area contributed by atoms with E-state index >= 15 is 0 Å². The molecule has 1 aliphatic rings. The van der Waals surface area contributed by atoms with Gasteiger partial charge in [0.1, 0.15) is 0 Å². The fourth-order valence-corrected chi connectivity index (χ4v) is 5.39. The van der Waals surface area contributed by atoms with Crippen LogP contribution in [0.5, 0.6) is 11.5 Å². The Hall–Kier alpha value is -4.10. The average molecular weight is 560 g/mol. The molecule has 0 aromatic heterocycles. The van der Waals surface area contributed by atoms with Crippen molar-refractivity contribution in [1.82, 2.24) is 4.90 Å². The van der Waals surface area contributed by atoms with Crippen LogP contribution in [-0.2, 0) is 16.0 Å². The summed E-state index contributed by atoms with van der Waals surface area (Å²) in [7, 11) is 3.39. The van der Waals surface area contributed by atoms with Crippen LogP contribution in [0.15, 0.2) is 91.0 Å².